The Morgan fingerprint density at radius 3 is 2.58 bits per heavy atom. The first kappa shape index (κ1) is 14.4. The highest BCUT2D eigenvalue weighted by molar-refractivity contribution is 5.27. The SMILES string of the molecule is CNC(Cc1ncnc2c1CCCCC2)C(C)(C)C. The predicted molar refractivity (Wildman–Crippen MR) is 79.3 cm³/mol. The maximum atomic E-state index is 4.58. The van der Waals surface area contributed by atoms with Crippen LogP contribution in [0.1, 0.15) is 57.0 Å². The molecule has 0 saturated carbocycles. The summed E-state index contributed by atoms with van der Waals surface area (Å²) in [6, 6.07) is 0.453. The number of fused-ring (bicyclic) bond motifs is 1. The molecule has 1 heterocycles. The third-order valence-electron chi connectivity index (χ3n) is 4.26. The highest BCUT2D eigenvalue weighted by Gasteiger charge is 2.25. The van der Waals surface area contributed by atoms with Gasteiger partial charge in [0.15, 0.2) is 0 Å². The first-order valence-corrected chi connectivity index (χ1v) is 7.51. The third-order valence-corrected chi connectivity index (χ3v) is 4.26. The molecule has 3 heteroatoms. The molecule has 1 N–H and O–H groups in total. The van der Waals surface area contributed by atoms with E-state index in [9.17, 15) is 0 Å². The average molecular weight is 261 g/mol. The standard InChI is InChI=1S/C16H27N3/c1-16(2,3)15(17-4)10-14-12-8-6-5-7-9-13(12)18-11-19-14/h11,15,17H,5-10H2,1-4H3. The normalized spacial score (nSPS) is 17.7. The molecule has 0 radical (unpaired) electrons. The van der Waals surface area contributed by atoms with Gasteiger partial charge in [0.1, 0.15) is 6.33 Å². The maximum absolute atomic E-state index is 4.58. The van der Waals surface area contributed by atoms with Gasteiger partial charge in [0.2, 0.25) is 0 Å². The molecule has 1 aromatic heterocycles. The van der Waals surface area contributed by atoms with Crippen LogP contribution in [0.4, 0.5) is 0 Å². The van der Waals surface area contributed by atoms with Crippen LogP contribution in [0, 0.1) is 5.41 Å². The minimum absolute atomic E-state index is 0.247. The molecule has 0 amide bonds. The summed E-state index contributed by atoms with van der Waals surface area (Å²) in [4.78, 5) is 9.09. The molecule has 0 aliphatic heterocycles. The average Bonchev–Trinajstić information content (AvgIpc) is 2.59. The van der Waals surface area contributed by atoms with Gasteiger partial charge < -0.3 is 5.32 Å². The number of hydrogen-bond donors (Lipinski definition) is 1. The van der Waals surface area contributed by atoms with Gasteiger partial charge in [-0.3, -0.25) is 0 Å². The molecule has 3 nitrogen and oxygen atoms in total. The van der Waals surface area contributed by atoms with Crippen molar-refractivity contribution < 1.29 is 0 Å². The van der Waals surface area contributed by atoms with Crippen LogP contribution < -0.4 is 5.32 Å². The van der Waals surface area contributed by atoms with Crippen LogP contribution in [0.15, 0.2) is 6.33 Å². The molecule has 1 aromatic rings. The lowest BCUT2D eigenvalue weighted by Gasteiger charge is -2.30. The quantitative estimate of drug-likeness (QED) is 0.850. The van der Waals surface area contributed by atoms with Crippen molar-refractivity contribution in [3.8, 4) is 0 Å². The smallest absolute Gasteiger partial charge is 0.115 e. The number of nitrogens with one attached hydrogen (secondary N) is 1. The molecule has 1 aliphatic rings. The molecule has 2 rings (SSSR count). The van der Waals surface area contributed by atoms with Crippen molar-refractivity contribution in [1.29, 1.82) is 0 Å². The zero-order valence-corrected chi connectivity index (χ0v) is 12.8. The molecule has 0 bridgehead atoms. The van der Waals surface area contributed by atoms with Gasteiger partial charge in [0, 0.05) is 23.9 Å². The second-order valence-corrected chi connectivity index (χ2v) is 6.72. The molecule has 19 heavy (non-hydrogen) atoms. The van der Waals surface area contributed by atoms with Crippen LogP contribution in [0.3, 0.4) is 0 Å². The van der Waals surface area contributed by atoms with Crippen molar-refractivity contribution in [2.75, 3.05) is 7.05 Å². The first-order chi connectivity index (χ1) is 9.02. The number of nitrogens with zero attached hydrogens (tertiary/aromatic N) is 2. The van der Waals surface area contributed by atoms with Gasteiger partial charge in [0.25, 0.3) is 0 Å². The monoisotopic (exact) mass is 261 g/mol. The van der Waals surface area contributed by atoms with Crippen molar-refractivity contribution in [3.05, 3.63) is 23.3 Å². The summed E-state index contributed by atoms with van der Waals surface area (Å²) in [6.07, 6.45) is 8.94. The molecule has 0 fully saturated rings. The van der Waals surface area contributed by atoms with Crippen molar-refractivity contribution >= 4 is 0 Å². The number of rotatable bonds is 3. The topological polar surface area (TPSA) is 37.8 Å². The second-order valence-electron chi connectivity index (χ2n) is 6.72. The van der Waals surface area contributed by atoms with Gasteiger partial charge in [0.05, 0.1) is 0 Å². The first-order valence-electron chi connectivity index (χ1n) is 7.51. The zero-order chi connectivity index (χ0) is 13.9. The van der Waals surface area contributed by atoms with Gasteiger partial charge in [-0.2, -0.15) is 0 Å². The van der Waals surface area contributed by atoms with E-state index in [0.717, 1.165) is 19.3 Å². The number of aryl methyl sites for hydroxylation is 1. The van der Waals surface area contributed by atoms with E-state index >= 15 is 0 Å². The molecule has 0 aromatic carbocycles. The van der Waals surface area contributed by atoms with E-state index in [1.54, 1.807) is 6.33 Å². The van der Waals surface area contributed by atoms with Crippen molar-refractivity contribution in [3.63, 3.8) is 0 Å². The lowest BCUT2D eigenvalue weighted by molar-refractivity contribution is 0.277. The Balaban J connectivity index is 2.25. The van der Waals surface area contributed by atoms with Crippen LogP contribution >= 0.6 is 0 Å². The molecule has 1 aliphatic carbocycles. The Morgan fingerprint density at radius 1 is 1.16 bits per heavy atom. The lowest BCUT2D eigenvalue weighted by atomic mass is 9.83. The van der Waals surface area contributed by atoms with Crippen LogP contribution in [0.25, 0.3) is 0 Å². The summed E-state index contributed by atoms with van der Waals surface area (Å²) in [5.74, 6) is 0. The fraction of sp³-hybridized carbons (Fsp3) is 0.750. The van der Waals surface area contributed by atoms with Gasteiger partial charge in [-0.05, 0) is 43.7 Å². The minimum atomic E-state index is 0.247. The summed E-state index contributed by atoms with van der Waals surface area (Å²) in [7, 11) is 2.05. The Kier molecular flexibility index (Phi) is 4.56. The second kappa shape index (κ2) is 6.00. The van der Waals surface area contributed by atoms with Gasteiger partial charge in [-0.15, -0.1) is 0 Å². The summed E-state index contributed by atoms with van der Waals surface area (Å²) < 4.78 is 0. The van der Waals surface area contributed by atoms with Crippen LogP contribution in [0.2, 0.25) is 0 Å². The van der Waals surface area contributed by atoms with Gasteiger partial charge in [-0.1, -0.05) is 27.2 Å². The van der Waals surface area contributed by atoms with Crippen LogP contribution in [0.5, 0.6) is 0 Å². The fourth-order valence-electron chi connectivity index (χ4n) is 2.98. The third kappa shape index (κ3) is 3.53. The van der Waals surface area contributed by atoms with Gasteiger partial charge in [-0.25, -0.2) is 9.97 Å². The molecule has 0 spiro atoms. The highest BCUT2D eigenvalue weighted by atomic mass is 14.9. The largest absolute Gasteiger partial charge is 0.316 e. The van der Waals surface area contributed by atoms with E-state index in [2.05, 4.69) is 43.1 Å². The van der Waals surface area contributed by atoms with E-state index in [0.29, 0.717) is 6.04 Å². The predicted octanol–water partition coefficient (Wildman–Crippen LogP) is 2.92. The summed E-state index contributed by atoms with van der Waals surface area (Å²) in [5, 5.41) is 3.45. The number of aromatic nitrogens is 2. The zero-order valence-electron chi connectivity index (χ0n) is 12.8. The Hall–Kier alpha value is -0.960. The summed E-state index contributed by atoms with van der Waals surface area (Å²) in [5.41, 5.74) is 4.24. The van der Waals surface area contributed by atoms with Crippen molar-refractivity contribution in [1.82, 2.24) is 15.3 Å². The highest BCUT2D eigenvalue weighted by Crippen LogP contribution is 2.26. The van der Waals surface area contributed by atoms with E-state index < -0.39 is 0 Å². The van der Waals surface area contributed by atoms with E-state index in [1.165, 1.54) is 36.2 Å². The fourth-order valence-corrected chi connectivity index (χ4v) is 2.98. The molecular weight excluding hydrogens is 234 g/mol. The Morgan fingerprint density at radius 2 is 1.89 bits per heavy atom. The Bertz CT molecular complexity index is 420. The van der Waals surface area contributed by atoms with Crippen LogP contribution in [-0.2, 0) is 19.3 Å². The number of likely N-dealkylation sites (N-methyl/N-ethyl adjacent to an activating group) is 1. The summed E-state index contributed by atoms with van der Waals surface area (Å²) in [6.45, 7) is 6.86. The Labute approximate surface area is 117 Å². The molecule has 0 saturated heterocycles. The van der Waals surface area contributed by atoms with Crippen LogP contribution in [-0.4, -0.2) is 23.1 Å². The van der Waals surface area contributed by atoms with E-state index in [-0.39, 0.29) is 5.41 Å². The van der Waals surface area contributed by atoms with E-state index in [1.807, 2.05) is 0 Å². The number of hydrogen-bond acceptors (Lipinski definition) is 3. The minimum Gasteiger partial charge on any atom is -0.316 e. The summed E-state index contributed by atoms with van der Waals surface area (Å²) >= 11 is 0. The van der Waals surface area contributed by atoms with Gasteiger partial charge >= 0.3 is 0 Å². The van der Waals surface area contributed by atoms with Crippen molar-refractivity contribution in [2.24, 2.45) is 5.41 Å². The molecule has 1 unspecified atom stereocenters. The van der Waals surface area contributed by atoms with Crippen molar-refractivity contribution in [2.45, 2.75) is 65.3 Å². The lowest BCUT2D eigenvalue weighted by Crippen LogP contribution is -2.40. The molecule has 1 atom stereocenters. The maximum Gasteiger partial charge on any atom is 0.115 e. The molecular formula is C16H27N3. The van der Waals surface area contributed by atoms with E-state index in [4.69, 9.17) is 0 Å². The molecule has 106 valence electrons.